The number of nitrogens with zero attached hydrogens (tertiary/aromatic N) is 1. The largest absolute Gasteiger partial charge is 0.467 e. The Hall–Kier alpha value is -2.22. The molecule has 0 aliphatic heterocycles. The molecule has 16 heavy (non-hydrogen) atoms. The number of anilines is 2. The molecule has 0 heterocycles. The van der Waals surface area contributed by atoms with Crippen LogP contribution in [0.15, 0.2) is 18.2 Å². The molecule has 0 amide bonds. The molecular weight excluding hydrogens is 206 g/mol. The second kappa shape index (κ2) is 5.03. The number of nitriles is 1. The number of nitrogens with two attached hydrogens (primary N) is 1. The smallest absolute Gasteiger partial charge is 0.327 e. The molecule has 3 N–H and O–H groups in total. The van der Waals surface area contributed by atoms with Crippen LogP contribution in [0.1, 0.15) is 12.5 Å². The van der Waals surface area contributed by atoms with Crippen molar-refractivity contribution in [3.63, 3.8) is 0 Å². The number of hydrogen-bond acceptors (Lipinski definition) is 5. The SMILES string of the molecule is COC(=O)C(C)Nc1ccc(N)cc1C#N. The summed E-state index contributed by atoms with van der Waals surface area (Å²) in [6.07, 6.45) is 0. The molecular formula is C11H13N3O2. The molecule has 1 rings (SSSR count). The quantitative estimate of drug-likeness (QED) is 0.587. The van der Waals surface area contributed by atoms with Gasteiger partial charge in [0.05, 0.1) is 18.4 Å². The number of methoxy groups -OCH3 is 1. The van der Waals surface area contributed by atoms with Gasteiger partial charge >= 0.3 is 5.97 Å². The van der Waals surface area contributed by atoms with Gasteiger partial charge in [0.15, 0.2) is 0 Å². The lowest BCUT2D eigenvalue weighted by Gasteiger charge is -2.14. The summed E-state index contributed by atoms with van der Waals surface area (Å²) < 4.78 is 4.57. The van der Waals surface area contributed by atoms with Crippen LogP contribution < -0.4 is 11.1 Å². The molecule has 1 aromatic carbocycles. The zero-order valence-corrected chi connectivity index (χ0v) is 9.15. The average molecular weight is 219 g/mol. The van der Waals surface area contributed by atoms with Gasteiger partial charge in [0.1, 0.15) is 12.1 Å². The van der Waals surface area contributed by atoms with Crippen molar-refractivity contribution in [3.05, 3.63) is 23.8 Å². The normalized spacial score (nSPS) is 11.3. The topological polar surface area (TPSA) is 88.1 Å². The Bertz CT molecular complexity index is 437. The molecule has 84 valence electrons. The van der Waals surface area contributed by atoms with Crippen molar-refractivity contribution in [3.8, 4) is 6.07 Å². The molecule has 0 aliphatic rings. The van der Waals surface area contributed by atoms with Gasteiger partial charge in [-0.2, -0.15) is 5.26 Å². The summed E-state index contributed by atoms with van der Waals surface area (Å²) in [4.78, 5) is 11.2. The molecule has 0 bridgehead atoms. The minimum absolute atomic E-state index is 0.388. The van der Waals surface area contributed by atoms with Gasteiger partial charge in [0.2, 0.25) is 0 Å². The van der Waals surface area contributed by atoms with Crippen LogP contribution in [0.2, 0.25) is 0 Å². The van der Waals surface area contributed by atoms with E-state index in [9.17, 15) is 4.79 Å². The lowest BCUT2D eigenvalue weighted by molar-refractivity contribution is -0.141. The molecule has 5 nitrogen and oxygen atoms in total. The second-order valence-corrected chi connectivity index (χ2v) is 3.31. The van der Waals surface area contributed by atoms with Gasteiger partial charge < -0.3 is 15.8 Å². The predicted octanol–water partition coefficient (Wildman–Crippen LogP) is 1.11. The lowest BCUT2D eigenvalue weighted by atomic mass is 10.1. The maximum absolute atomic E-state index is 11.2. The van der Waals surface area contributed by atoms with Crippen molar-refractivity contribution in [2.24, 2.45) is 0 Å². The standard InChI is InChI=1S/C11H13N3O2/c1-7(11(15)16-2)14-10-4-3-9(13)5-8(10)6-12/h3-5,7,14H,13H2,1-2H3. The van der Waals surface area contributed by atoms with Crippen molar-refractivity contribution >= 4 is 17.3 Å². The number of benzene rings is 1. The minimum atomic E-state index is -0.513. The molecule has 0 saturated carbocycles. The van der Waals surface area contributed by atoms with Gasteiger partial charge in [0.25, 0.3) is 0 Å². The van der Waals surface area contributed by atoms with E-state index in [2.05, 4.69) is 10.1 Å². The Kier molecular flexibility index (Phi) is 3.72. The highest BCUT2D eigenvalue weighted by atomic mass is 16.5. The zero-order chi connectivity index (χ0) is 12.1. The maximum atomic E-state index is 11.2. The third-order valence-corrected chi connectivity index (χ3v) is 2.09. The Morgan fingerprint density at radius 1 is 1.62 bits per heavy atom. The van der Waals surface area contributed by atoms with E-state index in [1.807, 2.05) is 6.07 Å². The van der Waals surface area contributed by atoms with Gasteiger partial charge in [-0.3, -0.25) is 0 Å². The zero-order valence-electron chi connectivity index (χ0n) is 9.15. The minimum Gasteiger partial charge on any atom is -0.467 e. The van der Waals surface area contributed by atoms with Crippen LogP contribution in [-0.2, 0) is 9.53 Å². The van der Waals surface area contributed by atoms with Gasteiger partial charge in [-0.05, 0) is 25.1 Å². The molecule has 0 radical (unpaired) electrons. The van der Waals surface area contributed by atoms with Crippen LogP contribution in [0, 0.1) is 11.3 Å². The summed E-state index contributed by atoms with van der Waals surface area (Å²) in [5.41, 5.74) is 7.02. The van der Waals surface area contributed by atoms with Gasteiger partial charge in [0, 0.05) is 5.69 Å². The number of ether oxygens (including phenoxy) is 1. The number of carbonyl (C=O) groups is 1. The first kappa shape index (κ1) is 11.9. The van der Waals surface area contributed by atoms with Crippen molar-refractivity contribution in [1.82, 2.24) is 0 Å². The van der Waals surface area contributed by atoms with E-state index in [0.717, 1.165) is 0 Å². The molecule has 0 aromatic heterocycles. The van der Waals surface area contributed by atoms with Crippen molar-refractivity contribution in [1.29, 1.82) is 5.26 Å². The fourth-order valence-corrected chi connectivity index (χ4v) is 1.25. The van der Waals surface area contributed by atoms with Crippen molar-refractivity contribution in [2.45, 2.75) is 13.0 Å². The van der Waals surface area contributed by atoms with E-state index >= 15 is 0 Å². The summed E-state index contributed by atoms with van der Waals surface area (Å²) in [5, 5.41) is 11.8. The van der Waals surface area contributed by atoms with Crippen LogP contribution >= 0.6 is 0 Å². The first-order chi connectivity index (χ1) is 7.58. The highest BCUT2D eigenvalue weighted by molar-refractivity contribution is 5.79. The Labute approximate surface area is 93.8 Å². The number of esters is 1. The summed E-state index contributed by atoms with van der Waals surface area (Å²) in [5.74, 6) is -0.388. The Balaban J connectivity index is 2.90. The van der Waals surface area contributed by atoms with Crippen LogP contribution in [0.4, 0.5) is 11.4 Å². The molecule has 0 saturated heterocycles. The molecule has 5 heteroatoms. The third-order valence-electron chi connectivity index (χ3n) is 2.09. The van der Waals surface area contributed by atoms with Crippen molar-refractivity contribution in [2.75, 3.05) is 18.2 Å². The third kappa shape index (κ3) is 2.64. The van der Waals surface area contributed by atoms with E-state index in [1.54, 1.807) is 25.1 Å². The molecule has 1 aromatic rings. The van der Waals surface area contributed by atoms with Crippen LogP contribution in [0.3, 0.4) is 0 Å². The number of hydrogen-bond donors (Lipinski definition) is 2. The fourth-order valence-electron chi connectivity index (χ4n) is 1.25. The highest BCUT2D eigenvalue weighted by Gasteiger charge is 2.14. The van der Waals surface area contributed by atoms with E-state index in [4.69, 9.17) is 11.0 Å². The lowest BCUT2D eigenvalue weighted by Crippen LogP contribution is -2.27. The maximum Gasteiger partial charge on any atom is 0.327 e. The Morgan fingerprint density at radius 3 is 2.88 bits per heavy atom. The van der Waals surface area contributed by atoms with E-state index in [0.29, 0.717) is 16.9 Å². The molecule has 0 fully saturated rings. The number of rotatable bonds is 3. The van der Waals surface area contributed by atoms with Gasteiger partial charge in [-0.15, -0.1) is 0 Å². The highest BCUT2D eigenvalue weighted by Crippen LogP contribution is 2.18. The monoisotopic (exact) mass is 219 g/mol. The summed E-state index contributed by atoms with van der Waals surface area (Å²) in [6, 6.07) is 6.36. The number of nitrogens with one attached hydrogen (secondary N) is 1. The van der Waals surface area contributed by atoms with Crippen molar-refractivity contribution < 1.29 is 9.53 Å². The summed E-state index contributed by atoms with van der Waals surface area (Å²) in [6.45, 7) is 1.66. The van der Waals surface area contributed by atoms with Crippen LogP contribution in [0.5, 0.6) is 0 Å². The summed E-state index contributed by atoms with van der Waals surface area (Å²) in [7, 11) is 1.31. The Morgan fingerprint density at radius 2 is 2.31 bits per heavy atom. The van der Waals surface area contributed by atoms with Gasteiger partial charge in [-0.1, -0.05) is 0 Å². The first-order valence-corrected chi connectivity index (χ1v) is 4.72. The predicted molar refractivity (Wildman–Crippen MR) is 60.7 cm³/mol. The van der Waals surface area contributed by atoms with E-state index in [-0.39, 0.29) is 5.97 Å². The second-order valence-electron chi connectivity index (χ2n) is 3.31. The van der Waals surface area contributed by atoms with Crippen LogP contribution in [-0.4, -0.2) is 19.1 Å². The molecule has 1 atom stereocenters. The first-order valence-electron chi connectivity index (χ1n) is 4.72. The van der Waals surface area contributed by atoms with E-state index < -0.39 is 6.04 Å². The fraction of sp³-hybridized carbons (Fsp3) is 0.273. The average Bonchev–Trinajstić information content (AvgIpc) is 2.30. The number of carbonyl (C=O) groups excluding carboxylic acids is 1. The van der Waals surface area contributed by atoms with E-state index in [1.165, 1.54) is 7.11 Å². The molecule has 1 unspecified atom stereocenters. The van der Waals surface area contributed by atoms with Crippen LogP contribution in [0.25, 0.3) is 0 Å². The number of nitrogen functional groups attached to an aromatic ring is 1. The summed E-state index contributed by atoms with van der Waals surface area (Å²) >= 11 is 0. The molecule has 0 aliphatic carbocycles. The molecule has 0 spiro atoms. The van der Waals surface area contributed by atoms with Gasteiger partial charge in [-0.25, -0.2) is 4.79 Å².